The van der Waals surface area contributed by atoms with Crippen molar-refractivity contribution >= 4 is 27.3 Å². The van der Waals surface area contributed by atoms with Crippen molar-refractivity contribution in [1.82, 2.24) is 0 Å². The van der Waals surface area contributed by atoms with Gasteiger partial charge in [0.05, 0.1) is 18.1 Å². The van der Waals surface area contributed by atoms with Crippen LogP contribution in [0, 0.1) is 0 Å². The van der Waals surface area contributed by atoms with Gasteiger partial charge in [-0.05, 0) is 52.0 Å². The average Bonchev–Trinajstić information content (AvgIpc) is 2.81. The standard InChI is InChI=1S/C14H15BrO3S/c1-9(16)10-3-4-12(13(7-10)17-2)18-8-14-11(15)5-6-19-14/h3-7,9,16H,8H2,1-2H3. The van der Waals surface area contributed by atoms with Crippen molar-refractivity contribution in [3.63, 3.8) is 0 Å². The minimum atomic E-state index is -0.519. The molecule has 1 unspecified atom stereocenters. The van der Waals surface area contributed by atoms with Gasteiger partial charge in [0.1, 0.15) is 6.61 Å². The van der Waals surface area contributed by atoms with Crippen LogP contribution in [0.25, 0.3) is 0 Å². The van der Waals surface area contributed by atoms with Gasteiger partial charge >= 0.3 is 0 Å². The Morgan fingerprint density at radius 1 is 1.32 bits per heavy atom. The maximum absolute atomic E-state index is 9.55. The first-order chi connectivity index (χ1) is 9.11. The van der Waals surface area contributed by atoms with Crippen LogP contribution in [-0.2, 0) is 6.61 Å². The van der Waals surface area contributed by atoms with Crippen molar-refractivity contribution in [3.05, 3.63) is 44.6 Å². The van der Waals surface area contributed by atoms with Crippen molar-refractivity contribution in [2.45, 2.75) is 19.6 Å². The lowest BCUT2D eigenvalue weighted by Crippen LogP contribution is -1.98. The maximum atomic E-state index is 9.55. The number of benzene rings is 1. The topological polar surface area (TPSA) is 38.7 Å². The van der Waals surface area contributed by atoms with Crippen molar-refractivity contribution in [2.24, 2.45) is 0 Å². The third-order valence-corrected chi connectivity index (χ3v) is 4.62. The number of aliphatic hydroxyl groups is 1. The van der Waals surface area contributed by atoms with Gasteiger partial charge < -0.3 is 14.6 Å². The Hall–Kier alpha value is -1.04. The summed E-state index contributed by atoms with van der Waals surface area (Å²) in [5.74, 6) is 1.30. The van der Waals surface area contributed by atoms with Gasteiger partial charge in [-0.1, -0.05) is 6.07 Å². The predicted octanol–water partition coefficient (Wildman–Crippen LogP) is 4.15. The highest BCUT2D eigenvalue weighted by molar-refractivity contribution is 9.10. The molecule has 1 aromatic carbocycles. The number of methoxy groups -OCH3 is 1. The molecule has 0 fully saturated rings. The number of ether oxygens (including phenoxy) is 2. The van der Waals surface area contributed by atoms with Gasteiger partial charge in [-0.15, -0.1) is 11.3 Å². The summed E-state index contributed by atoms with van der Waals surface area (Å²) in [6.45, 7) is 2.21. The van der Waals surface area contributed by atoms with E-state index in [1.54, 1.807) is 31.4 Å². The fraction of sp³-hybridized carbons (Fsp3) is 0.286. The van der Waals surface area contributed by atoms with Gasteiger partial charge in [0.25, 0.3) is 0 Å². The van der Waals surface area contributed by atoms with Crippen LogP contribution < -0.4 is 9.47 Å². The van der Waals surface area contributed by atoms with Crippen LogP contribution in [0.3, 0.4) is 0 Å². The quantitative estimate of drug-likeness (QED) is 0.886. The second-order valence-corrected chi connectivity index (χ2v) is 5.92. The van der Waals surface area contributed by atoms with Gasteiger partial charge in [-0.2, -0.15) is 0 Å². The molecule has 2 rings (SSSR count). The van der Waals surface area contributed by atoms with E-state index in [1.165, 1.54) is 0 Å². The van der Waals surface area contributed by atoms with Crippen LogP contribution in [0.1, 0.15) is 23.5 Å². The summed E-state index contributed by atoms with van der Waals surface area (Å²) < 4.78 is 12.1. The highest BCUT2D eigenvalue weighted by Gasteiger charge is 2.10. The van der Waals surface area contributed by atoms with Crippen LogP contribution in [0.5, 0.6) is 11.5 Å². The van der Waals surface area contributed by atoms with Gasteiger partial charge in [0.2, 0.25) is 0 Å². The number of hydrogen-bond donors (Lipinski definition) is 1. The zero-order valence-electron chi connectivity index (χ0n) is 10.7. The first-order valence-electron chi connectivity index (χ1n) is 5.82. The van der Waals surface area contributed by atoms with Crippen LogP contribution >= 0.6 is 27.3 Å². The molecule has 5 heteroatoms. The van der Waals surface area contributed by atoms with E-state index < -0.39 is 6.10 Å². The monoisotopic (exact) mass is 342 g/mol. The molecular weight excluding hydrogens is 328 g/mol. The Balaban J connectivity index is 2.14. The molecule has 0 spiro atoms. The maximum Gasteiger partial charge on any atom is 0.161 e. The Morgan fingerprint density at radius 3 is 2.68 bits per heavy atom. The largest absolute Gasteiger partial charge is 0.493 e. The molecule has 1 N–H and O–H groups in total. The molecular formula is C14H15BrO3S. The number of aliphatic hydroxyl groups excluding tert-OH is 1. The first-order valence-corrected chi connectivity index (χ1v) is 7.49. The summed E-state index contributed by atoms with van der Waals surface area (Å²) in [5.41, 5.74) is 0.807. The van der Waals surface area contributed by atoms with E-state index in [0.29, 0.717) is 18.1 Å². The van der Waals surface area contributed by atoms with Crippen molar-refractivity contribution in [1.29, 1.82) is 0 Å². The molecule has 3 nitrogen and oxygen atoms in total. The van der Waals surface area contributed by atoms with E-state index in [-0.39, 0.29) is 0 Å². The lowest BCUT2D eigenvalue weighted by atomic mass is 10.1. The fourth-order valence-electron chi connectivity index (χ4n) is 1.63. The Bertz CT molecular complexity index is 551. The second kappa shape index (κ2) is 6.41. The summed E-state index contributed by atoms with van der Waals surface area (Å²) in [4.78, 5) is 1.13. The molecule has 0 saturated carbocycles. The molecule has 1 heterocycles. The highest BCUT2D eigenvalue weighted by atomic mass is 79.9. The molecule has 19 heavy (non-hydrogen) atoms. The lowest BCUT2D eigenvalue weighted by molar-refractivity contribution is 0.198. The van der Waals surface area contributed by atoms with Crippen LogP contribution in [0.15, 0.2) is 34.1 Å². The molecule has 1 atom stereocenters. The predicted molar refractivity (Wildman–Crippen MR) is 80.0 cm³/mol. The number of thiophene rings is 1. The molecule has 102 valence electrons. The van der Waals surface area contributed by atoms with E-state index in [9.17, 15) is 5.11 Å². The van der Waals surface area contributed by atoms with Crippen molar-refractivity contribution in [3.8, 4) is 11.5 Å². The summed E-state index contributed by atoms with van der Waals surface area (Å²) >= 11 is 5.11. The Labute approximate surface area is 124 Å². The molecule has 0 aliphatic rings. The van der Waals surface area contributed by atoms with E-state index in [4.69, 9.17) is 9.47 Å². The zero-order valence-corrected chi connectivity index (χ0v) is 13.1. The smallest absolute Gasteiger partial charge is 0.161 e. The van der Waals surface area contributed by atoms with Crippen LogP contribution in [0.4, 0.5) is 0 Å². The number of halogens is 1. The third-order valence-electron chi connectivity index (χ3n) is 2.72. The van der Waals surface area contributed by atoms with Crippen molar-refractivity contribution in [2.75, 3.05) is 7.11 Å². The van der Waals surface area contributed by atoms with E-state index in [0.717, 1.165) is 14.9 Å². The van der Waals surface area contributed by atoms with E-state index >= 15 is 0 Å². The molecule has 0 bridgehead atoms. The summed E-state index contributed by atoms with van der Waals surface area (Å²) in [6, 6.07) is 7.45. The second-order valence-electron chi connectivity index (χ2n) is 4.07. The van der Waals surface area contributed by atoms with Crippen LogP contribution in [0.2, 0.25) is 0 Å². The minimum absolute atomic E-state index is 0.489. The minimum Gasteiger partial charge on any atom is -0.493 e. The van der Waals surface area contributed by atoms with E-state index in [1.807, 2.05) is 23.6 Å². The molecule has 0 aliphatic carbocycles. The molecule has 0 saturated heterocycles. The molecule has 2 aromatic rings. The zero-order chi connectivity index (χ0) is 13.8. The van der Waals surface area contributed by atoms with Crippen molar-refractivity contribution < 1.29 is 14.6 Å². The van der Waals surface area contributed by atoms with Gasteiger partial charge in [0.15, 0.2) is 11.5 Å². The first kappa shape index (κ1) is 14.4. The highest BCUT2D eigenvalue weighted by Crippen LogP contribution is 2.32. The lowest BCUT2D eigenvalue weighted by Gasteiger charge is -2.13. The SMILES string of the molecule is COc1cc(C(C)O)ccc1OCc1sccc1Br. The third kappa shape index (κ3) is 3.49. The average molecular weight is 343 g/mol. The number of hydrogen-bond acceptors (Lipinski definition) is 4. The molecule has 0 aliphatic heterocycles. The molecule has 0 amide bonds. The summed E-state index contributed by atoms with van der Waals surface area (Å²) in [7, 11) is 1.59. The Morgan fingerprint density at radius 2 is 2.11 bits per heavy atom. The van der Waals surface area contributed by atoms with E-state index in [2.05, 4.69) is 15.9 Å². The molecule has 0 radical (unpaired) electrons. The van der Waals surface area contributed by atoms with Gasteiger partial charge in [-0.25, -0.2) is 0 Å². The normalized spacial score (nSPS) is 12.2. The van der Waals surface area contributed by atoms with Gasteiger partial charge in [-0.3, -0.25) is 0 Å². The molecule has 1 aromatic heterocycles. The summed E-state index contributed by atoms with van der Waals surface area (Å²) in [6.07, 6.45) is -0.519. The number of rotatable bonds is 5. The fourth-order valence-corrected chi connectivity index (χ4v) is 3.01. The van der Waals surface area contributed by atoms with Gasteiger partial charge in [0, 0.05) is 4.47 Å². The Kier molecular flexibility index (Phi) is 4.85. The van der Waals surface area contributed by atoms with Crippen LogP contribution in [-0.4, -0.2) is 12.2 Å². The summed E-state index contributed by atoms with van der Waals surface area (Å²) in [5, 5.41) is 11.6.